The van der Waals surface area contributed by atoms with Crippen molar-refractivity contribution in [2.75, 3.05) is 26.2 Å². The molecule has 0 saturated carbocycles. The van der Waals surface area contributed by atoms with Crippen LogP contribution in [0.5, 0.6) is 0 Å². The topological polar surface area (TPSA) is 21.7 Å². The van der Waals surface area contributed by atoms with Gasteiger partial charge in [-0.1, -0.05) is 162 Å². The van der Waals surface area contributed by atoms with Crippen molar-refractivity contribution in [3.63, 3.8) is 0 Å². The SMILES string of the molecule is CCCCCCCC/C=C\CCCCCCC1CN(CCO[Si](C)(C)C(C)(C)C)CC(CCCCCCCCCCCC)O1. The Morgan fingerprint density at radius 2 is 1.00 bits per heavy atom. The van der Waals surface area contributed by atoms with Crippen LogP contribution in [-0.2, 0) is 9.16 Å². The van der Waals surface area contributed by atoms with Crippen LogP contribution in [0.15, 0.2) is 12.2 Å². The van der Waals surface area contributed by atoms with Gasteiger partial charge >= 0.3 is 0 Å². The normalized spacial score (nSPS) is 18.5. The van der Waals surface area contributed by atoms with E-state index in [0.717, 1.165) is 26.2 Å². The fourth-order valence-corrected chi connectivity index (χ4v) is 7.32. The maximum atomic E-state index is 6.73. The maximum Gasteiger partial charge on any atom is 0.192 e. The molecule has 1 fully saturated rings. The zero-order valence-corrected chi connectivity index (χ0v) is 32.4. The largest absolute Gasteiger partial charge is 0.416 e. The first-order valence-electron chi connectivity index (χ1n) is 19.9. The van der Waals surface area contributed by atoms with E-state index in [4.69, 9.17) is 9.16 Å². The van der Waals surface area contributed by atoms with Gasteiger partial charge in [0.25, 0.3) is 0 Å². The summed E-state index contributed by atoms with van der Waals surface area (Å²) in [4.78, 5) is 2.68. The molecule has 0 aromatic carbocycles. The Bertz CT molecular complexity index is 658. The van der Waals surface area contributed by atoms with Crippen molar-refractivity contribution in [3.8, 4) is 0 Å². The maximum absolute atomic E-state index is 6.73. The van der Waals surface area contributed by atoms with Crippen molar-refractivity contribution in [3.05, 3.63) is 12.2 Å². The minimum atomic E-state index is -1.69. The van der Waals surface area contributed by atoms with E-state index in [9.17, 15) is 0 Å². The van der Waals surface area contributed by atoms with Crippen molar-refractivity contribution in [2.45, 2.75) is 219 Å². The van der Waals surface area contributed by atoms with E-state index < -0.39 is 8.32 Å². The monoisotopic (exact) mass is 636 g/mol. The predicted molar refractivity (Wildman–Crippen MR) is 200 cm³/mol. The lowest BCUT2D eigenvalue weighted by atomic mass is 10.0. The fourth-order valence-electron chi connectivity index (χ4n) is 6.28. The number of hydrogen-bond acceptors (Lipinski definition) is 3. The second-order valence-electron chi connectivity index (χ2n) is 15.7. The van der Waals surface area contributed by atoms with Crippen LogP contribution in [0.4, 0.5) is 0 Å². The molecule has 44 heavy (non-hydrogen) atoms. The van der Waals surface area contributed by atoms with Crippen molar-refractivity contribution >= 4 is 8.32 Å². The Hall–Kier alpha value is -0.163. The Morgan fingerprint density at radius 3 is 1.41 bits per heavy atom. The van der Waals surface area contributed by atoms with Crippen LogP contribution in [0.1, 0.15) is 189 Å². The quantitative estimate of drug-likeness (QED) is 0.0464. The molecule has 1 aliphatic rings. The molecule has 0 aromatic heterocycles. The first-order chi connectivity index (χ1) is 21.2. The second kappa shape index (κ2) is 26.9. The van der Waals surface area contributed by atoms with Crippen LogP contribution in [0.25, 0.3) is 0 Å². The fraction of sp³-hybridized carbons (Fsp3) is 0.950. The van der Waals surface area contributed by atoms with E-state index >= 15 is 0 Å². The van der Waals surface area contributed by atoms with Crippen LogP contribution >= 0.6 is 0 Å². The molecule has 262 valence electrons. The summed E-state index contributed by atoms with van der Waals surface area (Å²) in [6.07, 6.45) is 38.5. The van der Waals surface area contributed by atoms with Crippen molar-refractivity contribution < 1.29 is 9.16 Å². The van der Waals surface area contributed by atoms with Gasteiger partial charge in [-0.15, -0.1) is 0 Å². The highest BCUT2D eigenvalue weighted by Crippen LogP contribution is 2.36. The van der Waals surface area contributed by atoms with Gasteiger partial charge in [0.05, 0.1) is 12.2 Å². The van der Waals surface area contributed by atoms with Gasteiger partial charge in [0.15, 0.2) is 8.32 Å². The van der Waals surface area contributed by atoms with Crippen molar-refractivity contribution in [2.24, 2.45) is 0 Å². The Kier molecular flexibility index (Phi) is 25.6. The van der Waals surface area contributed by atoms with E-state index in [1.165, 1.54) is 154 Å². The highest BCUT2D eigenvalue weighted by Gasteiger charge is 2.37. The Balaban J connectivity index is 2.32. The average molecular weight is 636 g/mol. The lowest BCUT2D eigenvalue weighted by molar-refractivity contribution is -0.0937. The number of nitrogens with zero attached hydrogens (tertiary/aromatic N) is 1. The number of rotatable bonds is 29. The number of hydrogen-bond donors (Lipinski definition) is 0. The Labute approximate surface area is 279 Å². The molecule has 0 bridgehead atoms. The predicted octanol–water partition coefficient (Wildman–Crippen LogP) is 13.0. The van der Waals surface area contributed by atoms with Crippen LogP contribution in [-0.4, -0.2) is 51.7 Å². The van der Waals surface area contributed by atoms with Gasteiger partial charge < -0.3 is 9.16 Å². The molecule has 1 saturated heterocycles. The third kappa shape index (κ3) is 22.4. The Morgan fingerprint density at radius 1 is 0.614 bits per heavy atom. The summed E-state index contributed by atoms with van der Waals surface area (Å²) in [6.45, 7) is 20.5. The third-order valence-corrected chi connectivity index (χ3v) is 14.9. The van der Waals surface area contributed by atoms with E-state index in [1.807, 2.05) is 0 Å². The van der Waals surface area contributed by atoms with Gasteiger partial charge in [-0.3, -0.25) is 4.90 Å². The van der Waals surface area contributed by atoms with Gasteiger partial charge in [0.1, 0.15) is 0 Å². The van der Waals surface area contributed by atoms with E-state index in [0.29, 0.717) is 12.2 Å². The van der Waals surface area contributed by atoms with E-state index in [2.05, 4.69) is 64.8 Å². The highest BCUT2D eigenvalue weighted by molar-refractivity contribution is 6.74. The molecule has 0 aliphatic carbocycles. The molecule has 1 aliphatic heterocycles. The van der Waals surface area contributed by atoms with Gasteiger partial charge in [0.2, 0.25) is 0 Å². The van der Waals surface area contributed by atoms with Crippen molar-refractivity contribution in [1.29, 1.82) is 0 Å². The van der Waals surface area contributed by atoms with E-state index in [1.54, 1.807) is 0 Å². The lowest BCUT2D eigenvalue weighted by Gasteiger charge is -2.40. The molecule has 4 heteroatoms. The first kappa shape index (κ1) is 41.9. The first-order valence-corrected chi connectivity index (χ1v) is 22.8. The third-order valence-electron chi connectivity index (χ3n) is 10.4. The minimum absolute atomic E-state index is 0.280. The summed E-state index contributed by atoms with van der Waals surface area (Å²) < 4.78 is 13.3. The summed E-state index contributed by atoms with van der Waals surface area (Å²) in [6, 6.07) is 0. The zero-order valence-electron chi connectivity index (χ0n) is 31.4. The minimum Gasteiger partial charge on any atom is -0.416 e. The second-order valence-corrected chi connectivity index (χ2v) is 20.5. The summed E-state index contributed by atoms with van der Waals surface area (Å²) in [5, 5.41) is 0.280. The van der Waals surface area contributed by atoms with Gasteiger partial charge in [-0.05, 0) is 56.7 Å². The molecule has 3 nitrogen and oxygen atoms in total. The van der Waals surface area contributed by atoms with Crippen LogP contribution in [0.2, 0.25) is 18.1 Å². The lowest BCUT2D eigenvalue weighted by Crippen LogP contribution is -2.49. The smallest absolute Gasteiger partial charge is 0.192 e. The molecule has 0 aromatic rings. The molecule has 1 rings (SSSR count). The molecule has 1 heterocycles. The summed E-state index contributed by atoms with van der Waals surface area (Å²) in [7, 11) is -1.69. The van der Waals surface area contributed by atoms with Crippen LogP contribution < -0.4 is 0 Å². The van der Waals surface area contributed by atoms with Gasteiger partial charge in [0, 0.05) is 26.2 Å². The molecule has 0 N–H and O–H groups in total. The van der Waals surface area contributed by atoms with E-state index in [-0.39, 0.29) is 5.04 Å². The molecule has 0 spiro atoms. The van der Waals surface area contributed by atoms with Gasteiger partial charge in [-0.2, -0.15) is 0 Å². The number of allylic oxidation sites excluding steroid dienone is 2. The van der Waals surface area contributed by atoms with Crippen molar-refractivity contribution in [1.82, 2.24) is 4.90 Å². The summed E-state index contributed by atoms with van der Waals surface area (Å²) >= 11 is 0. The zero-order chi connectivity index (χ0) is 32.4. The molecule has 0 radical (unpaired) electrons. The average Bonchev–Trinajstić information content (AvgIpc) is 2.97. The molecule has 2 unspecified atom stereocenters. The molecular formula is C40H81NO2Si. The molecule has 0 amide bonds. The molecular weight excluding hydrogens is 555 g/mol. The number of morpholine rings is 1. The standard InChI is InChI=1S/C40H81NO2Si/c1-8-10-12-14-16-18-20-21-22-23-25-27-29-31-33-39-37-41(34-35-42-44(6,7)40(3,4)5)36-38(43-39)32-30-28-26-24-19-17-15-13-11-9-2/h21-22,38-39H,8-20,23-37H2,1-7H3/b22-21-. The summed E-state index contributed by atoms with van der Waals surface area (Å²) in [5.41, 5.74) is 0. The summed E-state index contributed by atoms with van der Waals surface area (Å²) in [5.74, 6) is 0. The van der Waals surface area contributed by atoms with Crippen LogP contribution in [0, 0.1) is 0 Å². The number of unbranched alkanes of at least 4 members (excludes halogenated alkanes) is 19. The highest BCUT2D eigenvalue weighted by atomic mass is 28.4. The molecule has 2 atom stereocenters. The number of ether oxygens (including phenoxy) is 1. The van der Waals surface area contributed by atoms with Crippen LogP contribution in [0.3, 0.4) is 0 Å². The van der Waals surface area contributed by atoms with Gasteiger partial charge in [-0.25, -0.2) is 0 Å².